The van der Waals surface area contributed by atoms with Gasteiger partial charge in [-0.25, -0.2) is 0 Å². The predicted octanol–water partition coefficient (Wildman–Crippen LogP) is 12.0. The molecule has 0 aliphatic rings. The molecule has 1 unspecified atom stereocenters. The van der Waals surface area contributed by atoms with Gasteiger partial charge in [0.1, 0.15) is 6.10 Å². The van der Waals surface area contributed by atoms with Crippen LogP contribution in [0.3, 0.4) is 0 Å². The largest absolute Gasteiger partial charge is 0.457 e. The van der Waals surface area contributed by atoms with Crippen molar-refractivity contribution in [3.63, 3.8) is 0 Å². The Labute approximate surface area is 268 Å². The molecule has 0 radical (unpaired) electrons. The van der Waals surface area contributed by atoms with Gasteiger partial charge in [0, 0.05) is 13.0 Å². The lowest BCUT2D eigenvalue weighted by Gasteiger charge is -2.15. The Bertz CT molecular complexity index is 600. The maximum Gasteiger partial charge on any atom is 0.306 e. The smallest absolute Gasteiger partial charge is 0.306 e. The molecule has 43 heavy (non-hydrogen) atoms. The zero-order valence-electron chi connectivity index (χ0n) is 29.0. The highest BCUT2D eigenvalue weighted by Crippen LogP contribution is 2.13. The molecule has 1 atom stereocenters. The molecule has 0 aromatic heterocycles. The molecule has 0 aliphatic heterocycles. The topological polar surface area (TPSA) is 55.8 Å². The van der Waals surface area contributed by atoms with Gasteiger partial charge in [0.05, 0.1) is 13.2 Å². The average molecular weight is 607 g/mol. The molecule has 0 aromatic carbocycles. The Morgan fingerprint density at radius 1 is 0.535 bits per heavy atom. The van der Waals surface area contributed by atoms with Crippen molar-refractivity contribution in [2.75, 3.05) is 19.8 Å². The van der Waals surface area contributed by atoms with Gasteiger partial charge in [0.2, 0.25) is 0 Å². The van der Waals surface area contributed by atoms with Crippen LogP contribution in [-0.4, -0.2) is 37.0 Å². The number of esters is 1. The summed E-state index contributed by atoms with van der Waals surface area (Å²) < 4.78 is 11.1. The second-order valence-electron chi connectivity index (χ2n) is 12.6. The molecule has 1 N–H and O–H groups in total. The van der Waals surface area contributed by atoms with Gasteiger partial charge >= 0.3 is 5.97 Å². The van der Waals surface area contributed by atoms with Crippen molar-refractivity contribution < 1.29 is 19.4 Å². The molecule has 4 nitrogen and oxygen atoms in total. The summed E-state index contributed by atoms with van der Waals surface area (Å²) >= 11 is 0. The van der Waals surface area contributed by atoms with Crippen molar-refractivity contribution in [3.05, 3.63) is 24.3 Å². The lowest BCUT2D eigenvalue weighted by molar-refractivity contribution is -0.154. The van der Waals surface area contributed by atoms with Gasteiger partial charge in [-0.2, -0.15) is 0 Å². The summed E-state index contributed by atoms with van der Waals surface area (Å²) in [6, 6.07) is 0. The molecule has 0 spiro atoms. The van der Waals surface area contributed by atoms with Gasteiger partial charge in [-0.15, -0.1) is 0 Å². The SMILES string of the molecule is CCCC/C=C\CCCCCCCC(=O)OC(CO)COCCCCCCCCCCCC/C=C\CCCCCCCC. The summed E-state index contributed by atoms with van der Waals surface area (Å²) in [5.74, 6) is -0.211. The fourth-order valence-electron chi connectivity index (χ4n) is 5.36. The van der Waals surface area contributed by atoms with Crippen LogP contribution in [0.15, 0.2) is 24.3 Å². The quantitative estimate of drug-likeness (QED) is 0.0443. The van der Waals surface area contributed by atoms with Gasteiger partial charge in [-0.1, -0.05) is 154 Å². The van der Waals surface area contributed by atoms with Crippen molar-refractivity contribution in [2.45, 2.75) is 200 Å². The van der Waals surface area contributed by atoms with E-state index in [0.717, 1.165) is 19.3 Å². The summed E-state index contributed by atoms with van der Waals surface area (Å²) in [7, 11) is 0. The third-order valence-electron chi connectivity index (χ3n) is 8.25. The van der Waals surface area contributed by atoms with Gasteiger partial charge in [0.25, 0.3) is 0 Å². The van der Waals surface area contributed by atoms with Gasteiger partial charge in [-0.05, 0) is 57.8 Å². The third-order valence-corrected chi connectivity index (χ3v) is 8.25. The number of hydrogen-bond acceptors (Lipinski definition) is 4. The Hall–Kier alpha value is -1.13. The van der Waals surface area contributed by atoms with E-state index in [1.165, 1.54) is 154 Å². The first-order chi connectivity index (χ1) is 21.2. The average Bonchev–Trinajstić information content (AvgIpc) is 3.01. The summed E-state index contributed by atoms with van der Waals surface area (Å²) in [6.07, 6.45) is 43.7. The van der Waals surface area contributed by atoms with E-state index in [1.807, 2.05) is 0 Å². The molecular formula is C39H74O4. The molecule has 4 heteroatoms. The van der Waals surface area contributed by atoms with Crippen molar-refractivity contribution in [1.82, 2.24) is 0 Å². The zero-order chi connectivity index (χ0) is 31.3. The monoisotopic (exact) mass is 607 g/mol. The summed E-state index contributed by atoms with van der Waals surface area (Å²) in [5, 5.41) is 9.54. The molecule has 0 rings (SSSR count). The maximum atomic E-state index is 12.1. The van der Waals surface area contributed by atoms with Crippen LogP contribution in [0.2, 0.25) is 0 Å². The lowest BCUT2D eigenvalue weighted by atomic mass is 10.1. The number of carbonyl (C=O) groups is 1. The Morgan fingerprint density at radius 2 is 0.930 bits per heavy atom. The molecule has 0 bridgehead atoms. The van der Waals surface area contributed by atoms with Crippen LogP contribution in [-0.2, 0) is 14.3 Å². The van der Waals surface area contributed by atoms with Crippen LogP contribution >= 0.6 is 0 Å². The number of ether oxygens (including phenoxy) is 2. The third kappa shape index (κ3) is 35.2. The second kappa shape index (κ2) is 37.1. The van der Waals surface area contributed by atoms with Crippen LogP contribution in [0.4, 0.5) is 0 Å². The van der Waals surface area contributed by atoms with Crippen LogP contribution in [0, 0.1) is 0 Å². The minimum absolute atomic E-state index is 0.173. The van der Waals surface area contributed by atoms with Crippen LogP contribution in [0.1, 0.15) is 194 Å². The molecule has 0 aromatic rings. The van der Waals surface area contributed by atoms with Crippen molar-refractivity contribution in [2.24, 2.45) is 0 Å². The Balaban J connectivity index is 3.40. The molecule has 0 aliphatic carbocycles. The van der Waals surface area contributed by atoms with Crippen LogP contribution in [0.25, 0.3) is 0 Å². The minimum Gasteiger partial charge on any atom is -0.457 e. The van der Waals surface area contributed by atoms with E-state index in [9.17, 15) is 9.90 Å². The molecule has 0 saturated heterocycles. The lowest BCUT2D eigenvalue weighted by Crippen LogP contribution is -2.27. The first-order valence-electron chi connectivity index (χ1n) is 18.9. The molecule has 0 amide bonds. The van der Waals surface area contributed by atoms with E-state index in [-0.39, 0.29) is 12.6 Å². The van der Waals surface area contributed by atoms with E-state index in [4.69, 9.17) is 9.47 Å². The molecular weight excluding hydrogens is 532 g/mol. The number of hydrogen-bond donors (Lipinski definition) is 1. The number of unbranched alkanes of at least 4 members (excludes halogenated alkanes) is 23. The first-order valence-corrected chi connectivity index (χ1v) is 18.9. The first kappa shape index (κ1) is 41.9. The summed E-state index contributed by atoms with van der Waals surface area (Å²) in [5.41, 5.74) is 0. The van der Waals surface area contributed by atoms with Crippen LogP contribution < -0.4 is 0 Å². The Morgan fingerprint density at radius 3 is 1.40 bits per heavy atom. The standard InChI is InChI=1S/C39H74O4/c1-3-5-7-9-11-13-15-16-17-18-19-20-21-22-23-25-27-29-31-33-35-42-37-38(36-40)43-39(41)34-32-30-28-26-24-14-12-10-8-6-4-2/h10,12,16-17,38,40H,3-9,11,13-15,18-37H2,1-2H3/b12-10-,17-16-. The normalized spacial score (nSPS) is 12.5. The molecule has 0 saturated carbocycles. The van der Waals surface area contributed by atoms with E-state index >= 15 is 0 Å². The highest BCUT2D eigenvalue weighted by atomic mass is 16.6. The highest BCUT2D eigenvalue weighted by Gasteiger charge is 2.13. The van der Waals surface area contributed by atoms with Crippen molar-refractivity contribution in [1.29, 1.82) is 0 Å². The summed E-state index contributed by atoms with van der Waals surface area (Å²) in [4.78, 5) is 12.1. The second-order valence-corrected chi connectivity index (χ2v) is 12.6. The molecule has 0 fully saturated rings. The van der Waals surface area contributed by atoms with Crippen LogP contribution in [0.5, 0.6) is 0 Å². The molecule has 254 valence electrons. The number of aliphatic hydroxyl groups excluding tert-OH is 1. The zero-order valence-corrected chi connectivity index (χ0v) is 29.0. The number of rotatable bonds is 35. The fourth-order valence-corrected chi connectivity index (χ4v) is 5.36. The van der Waals surface area contributed by atoms with E-state index < -0.39 is 6.10 Å². The number of carbonyl (C=O) groups excluding carboxylic acids is 1. The van der Waals surface area contributed by atoms with E-state index in [2.05, 4.69) is 38.2 Å². The Kier molecular flexibility index (Phi) is 36.1. The van der Waals surface area contributed by atoms with Gasteiger partial charge < -0.3 is 14.6 Å². The number of aliphatic hydroxyl groups is 1. The van der Waals surface area contributed by atoms with Gasteiger partial charge in [-0.3, -0.25) is 4.79 Å². The van der Waals surface area contributed by atoms with Crippen molar-refractivity contribution >= 4 is 5.97 Å². The molecule has 0 heterocycles. The van der Waals surface area contributed by atoms with E-state index in [1.54, 1.807) is 0 Å². The van der Waals surface area contributed by atoms with E-state index in [0.29, 0.717) is 19.6 Å². The van der Waals surface area contributed by atoms with Gasteiger partial charge in [0.15, 0.2) is 0 Å². The predicted molar refractivity (Wildman–Crippen MR) is 187 cm³/mol. The minimum atomic E-state index is -0.534. The van der Waals surface area contributed by atoms with Crippen molar-refractivity contribution in [3.8, 4) is 0 Å². The summed E-state index contributed by atoms with van der Waals surface area (Å²) in [6.45, 7) is 5.30. The fraction of sp³-hybridized carbons (Fsp3) is 0.872. The maximum absolute atomic E-state index is 12.1. The number of allylic oxidation sites excluding steroid dienone is 4. The highest BCUT2D eigenvalue weighted by molar-refractivity contribution is 5.69.